The first kappa shape index (κ1) is 48.9. The van der Waals surface area contributed by atoms with E-state index in [-0.39, 0.29) is 17.5 Å². The maximum absolute atomic E-state index is 13.3. The molecule has 66 heavy (non-hydrogen) atoms. The minimum atomic E-state index is -0.819. The van der Waals surface area contributed by atoms with Crippen molar-refractivity contribution < 1.29 is 51.7 Å². The summed E-state index contributed by atoms with van der Waals surface area (Å²) < 4.78 is 45.0. The number of ether oxygens (including phenoxy) is 6. The summed E-state index contributed by atoms with van der Waals surface area (Å²) >= 11 is 6.87. The molecule has 0 fully saturated rings. The van der Waals surface area contributed by atoms with Gasteiger partial charge in [-0.15, -0.1) is 0 Å². The Kier molecular flexibility index (Phi) is 17.1. The smallest absolute Gasteiger partial charge is 0.279 e. The Morgan fingerprint density at radius 3 is 1.50 bits per heavy atom. The number of hydrogen-bond donors (Lipinski definition) is 0. The number of likely N-dealkylation sites (N-methyl/N-ethyl adjacent to an activating group) is 1. The number of benzene rings is 4. The Hall–Kier alpha value is -6.56. The Balaban J connectivity index is 0.000000176. The molecule has 0 saturated heterocycles. The van der Waals surface area contributed by atoms with Crippen molar-refractivity contribution in [3.8, 4) is 45.6 Å². The van der Waals surface area contributed by atoms with Crippen LogP contribution >= 0.6 is 31.9 Å². The Labute approximate surface area is 398 Å². The molecular weight excluding hydrogens is 978 g/mol. The molecular formula is C50H47Br2N3O11. The van der Waals surface area contributed by atoms with Crippen molar-refractivity contribution in [1.82, 2.24) is 15.0 Å². The van der Waals surface area contributed by atoms with Crippen LogP contribution in [0.2, 0.25) is 0 Å². The maximum Gasteiger partial charge on any atom is 0.279 e. The second-order valence-electron chi connectivity index (χ2n) is 14.0. The molecule has 342 valence electrons. The fourth-order valence-corrected chi connectivity index (χ4v) is 8.03. The summed E-state index contributed by atoms with van der Waals surface area (Å²) in [6, 6.07) is 33.3. The van der Waals surface area contributed by atoms with Crippen LogP contribution in [-0.2, 0) is 19.1 Å². The number of amides is 1. The number of aromatic nitrogens is 2. The van der Waals surface area contributed by atoms with E-state index in [1.54, 1.807) is 66.3 Å². The number of Topliss-reactive ketones (excluding diaryl/α,β-unsaturated/α-hetero) is 1. The fraction of sp³-hybridized carbons (Fsp3) is 0.200. The lowest BCUT2D eigenvalue weighted by atomic mass is 9.99. The van der Waals surface area contributed by atoms with E-state index < -0.39 is 12.2 Å². The van der Waals surface area contributed by atoms with E-state index >= 15 is 0 Å². The minimum absolute atomic E-state index is 0.198. The van der Waals surface area contributed by atoms with Crippen LogP contribution in [0.1, 0.15) is 33.9 Å². The number of carbonyl (C=O) groups is 2. The summed E-state index contributed by atoms with van der Waals surface area (Å²) in [7, 11) is 12.4. The van der Waals surface area contributed by atoms with Crippen LogP contribution < -0.4 is 18.9 Å². The topological polar surface area (TPSA) is 154 Å². The van der Waals surface area contributed by atoms with Gasteiger partial charge >= 0.3 is 0 Å². The highest BCUT2D eigenvalue weighted by molar-refractivity contribution is 9.11. The molecule has 14 nitrogen and oxygen atoms in total. The normalized spacial score (nSPS) is 11.7. The van der Waals surface area contributed by atoms with Gasteiger partial charge in [0.05, 0.1) is 52.8 Å². The van der Waals surface area contributed by atoms with E-state index in [2.05, 4.69) is 41.8 Å². The average molecular weight is 1030 g/mol. The monoisotopic (exact) mass is 1020 g/mol. The van der Waals surface area contributed by atoms with Gasteiger partial charge in [0.25, 0.3) is 5.91 Å². The largest absolute Gasteiger partial charge is 0.495 e. The first-order valence-corrected chi connectivity index (χ1v) is 21.7. The van der Waals surface area contributed by atoms with Crippen molar-refractivity contribution in [3.63, 3.8) is 0 Å². The minimum Gasteiger partial charge on any atom is -0.495 e. The van der Waals surface area contributed by atoms with Crippen LogP contribution in [0, 0.1) is 0 Å². The number of halogens is 2. The first-order chi connectivity index (χ1) is 32.0. The molecule has 0 aliphatic heterocycles. The number of nitrogens with zero attached hydrogens (tertiary/aromatic N) is 3. The standard InChI is InChI=1S/C24H20BrNO5.C14H16N2O3.C12H11BrO3/c1-28-20-12-14(13-21(29-2)22(20)25)18-9-10-19(31-18)23(27)24(30-3)16-6-4-8-17-15(16)7-5-11-26-17;1-16(19-3)14(17)13(18-2)11-6-4-8-12-10(11)7-5-9-15-12;1-14-10-6-8(9-4-3-5-16-9)7-11(15-2)12(10)13/h4-13,24H,1-3H3;4-9,13H,1-3H3;3-7H,1-2H3. The van der Waals surface area contributed by atoms with E-state index in [4.69, 9.17) is 42.1 Å². The quantitative estimate of drug-likeness (QED) is 0.0750. The van der Waals surface area contributed by atoms with Gasteiger partial charge < -0.3 is 37.3 Å². The lowest BCUT2D eigenvalue weighted by Gasteiger charge is -2.21. The zero-order chi connectivity index (χ0) is 47.3. The molecule has 16 heteroatoms. The summed E-state index contributed by atoms with van der Waals surface area (Å²) in [6.45, 7) is 0. The van der Waals surface area contributed by atoms with E-state index in [0.717, 1.165) is 59.4 Å². The molecule has 0 radical (unpaired) electrons. The summed E-state index contributed by atoms with van der Waals surface area (Å²) in [5.74, 6) is 3.57. The number of furan rings is 2. The molecule has 4 heterocycles. The fourth-order valence-electron chi connectivity index (χ4n) is 6.92. The van der Waals surface area contributed by atoms with Crippen molar-refractivity contribution in [2.75, 3.05) is 56.8 Å². The third-order valence-corrected chi connectivity index (χ3v) is 11.8. The molecule has 0 bridgehead atoms. The molecule has 0 saturated carbocycles. The summed E-state index contributed by atoms with van der Waals surface area (Å²) in [6.07, 6.45) is 3.54. The molecule has 1 amide bonds. The van der Waals surface area contributed by atoms with E-state index in [1.807, 2.05) is 97.1 Å². The number of hydroxylamine groups is 2. The van der Waals surface area contributed by atoms with Gasteiger partial charge in [-0.05, 0) is 116 Å². The van der Waals surface area contributed by atoms with Gasteiger partial charge in [-0.2, -0.15) is 0 Å². The molecule has 8 rings (SSSR count). The molecule has 2 atom stereocenters. The summed E-state index contributed by atoms with van der Waals surface area (Å²) in [5.41, 5.74) is 4.78. The van der Waals surface area contributed by atoms with Crippen molar-refractivity contribution in [3.05, 3.63) is 154 Å². The summed E-state index contributed by atoms with van der Waals surface area (Å²) in [5, 5.41) is 2.91. The SMILES string of the molecule is COC(C(=O)N(C)OC)c1cccc2ncccc12.COc1cc(-c2ccc(C(=O)C(OC)c3cccc4ncccc34)o2)cc(OC)c1Br.COc1cc(-c2ccco2)cc(OC)c1Br. The highest BCUT2D eigenvalue weighted by Gasteiger charge is 2.28. The highest BCUT2D eigenvalue weighted by Crippen LogP contribution is 2.41. The van der Waals surface area contributed by atoms with Crippen LogP contribution in [-0.4, -0.2) is 83.5 Å². The van der Waals surface area contributed by atoms with Gasteiger partial charge in [-0.1, -0.05) is 36.4 Å². The van der Waals surface area contributed by atoms with Crippen molar-refractivity contribution in [2.45, 2.75) is 12.2 Å². The number of rotatable bonds is 14. The van der Waals surface area contributed by atoms with Gasteiger partial charge in [0, 0.05) is 55.6 Å². The zero-order valence-corrected chi connectivity index (χ0v) is 40.5. The third kappa shape index (κ3) is 10.9. The van der Waals surface area contributed by atoms with E-state index in [9.17, 15) is 9.59 Å². The van der Waals surface area contributed by atoms with Crippen LogP contribution in [0.4, 0.5) is 0 Å². The maximum atomic E-state index is 13.3. The second kappa shape index (κ2) is 23.1. The lowest BCUT2D eigenvalue weighted by molar-refractivity contribution is -0.179. The van der Waals surface area contributed by atoms with E-state index in [1.165, 1.54) is 21.3 Å². The lowest BCUT2D eigenvalue weighted by Crippen LogP contribution is -2.31. The van der Waals surface area contributed by atoms with Crippen LogP contribution in [0.5, 0.6) is 23.0 Å². The van der Waals surface area contributed by atoms with Crippen LogP contribution in [0.3, 0.4) is 0 Å². The Bertz CT molecular complexity index is 2840. The van der Waals surface area contributed by atoms with Gasteiger partial charge in [-0.3, -0.25) is 24.4 Å². The molecule has 8 aromatic rings. The van der Waals surface area contributed by atoms with Gasteiger partial charge in [0.2, 0.25) is 5.78 Å². The second-order valence-corrected chi connectivity index (χ2v) is 15.6. The van der Waals surface area contributed by atoms with Crippen LogP contribution in [0.25, 0.3) is 44.5 Å². The number of pyridine rings is 2. The van der Waals surface area contributed by atoms with Gasteiger partial charge in [0.15, 0.2) is 11.9 Å². The number of ketones is 1. The van der Waals surface area contributed by atoms with Gasteiger partial charge in [-0.25, -0.2) is 5.06 Å². The Morgan fingerprint density at radius 2 is 1.06 bits per heavy atom. The van der Waals surface area contributed by atoms with Crippen molar-refractivity contribution in [1.29, 1.82) is 0 Å². The highest BCUT2D eigenvalue weighted by atomic mass is 79.9. The molecule has 4 aromatic heterocycles. The van der Waals surface area contributed by atoms with Crippen LogP contribution in [0.15, 0.2) is 146 Å². The molecule has 0 aliphatic carbocycles. The molecule has 0 N–H and O–H groups in total. The van der Waals surface area contributed by atoms with Crippen molar-refractivity contribution >= 4 is 65.4 Å². The Morgan fingerprint density at radius 1 is 0.576 bits per heavy atom. The third-order valence-electron chi connectivity index (χ3n) is 10.3. The molecule has 2 unspecified atom stereocenters. The summed E-state index contributed by atoms with van der Waals surface area (Å²) in [4.78, 5) is 39.0. The number of carbonyl (C=O) groups excluding carboxylic acids is 2. The molecule has 0 aliphatic rings. The van der Waals surface area contributed by atoms with Gasteiger partial charge in [0.1, 0.15) is 49.6 Å². The predicted octanol–water partition coefficient (Wildman–Crippen LogP) is 11.5. The molecule has 4 aromatic carbocycles. The number of hydrogen-bond acceptors (Lipinski definition) is 13. The predicted molar refractivity (Wildman–Crippen MR) is 257 cm³/mol. The number of methoxy groups -OCH3 is 6. The van der Waals surface area contributed by atoms with E-state index in [0.29, 0.717) is 33.2 Å². The molecule has 0 spiro atoms. The number of fused-ring (bicyclic) bond motifs is 2. The average Bonchev–Trinajstić information content (AvgIpc) is 4.09. The zero-order valence-electron chi connectivity index (χ0n) is 37.4. The first-order valence-electron chi connectivity index (χ1n) is 20.1. The van der Waals surface area contributed by atoms with Crippen molar-refractivity contribution in [2.24, 2.45) is 0 Å².